The topological polar surface area (TPSA) is 65.6 Å². The fourth-order valence-corrected chi connectivity index (χ4v) is 3.36. The number of piperidine rings is 1. The highest BCUT2D eigenvalue weighted by molar-refractivity contribution is 5.94. The van der Waals surface area contributed by atoms with E-state index in [0.717, 1.165) is 31.5 Å². The molecule has 0 spiro atoms. The quantitative estimate of drug-likeness (QED) is 0.386. The van der Waals surface area contributed by atoms with Crippen molar-refractivity contribution in [3.05, 3.63) is 24.3 Å². The Labute approximate surface area is 165 Å². The van der Waals surface area contributed by atoms with Gasteiger partial charge >= 0.3 is 6.18 Å². The SMILES string of the molecule is CC1CCCCN1C(=N)N(CCCN)c1ccc(OCCCC(F)(F)F)cc1. The Kier molecular flexibility index (Phi) is 8.41. The van der Waals surface area contributed by atoms with Gasteiger partial charge in [-0.1, -0.05) is 0 Å². The molecular formula is C20H31F3N4O. The van der Waals surface area contributed by atoms with Gasteiger partial charge in [-0.15, -0.1) is 0 Å². The molecule has 1 aliphatic rings. The number of likely N-dealkylation sites (tertiary alicyclic amines) is 1. The zero-order chi connectivity index (χ0) is 20.6. The molecule has 0 saturated carbocycles. The molecular weight excluding hydrogens is 369 g/mol. The molecule has 28 heavy (non-hydrogen) atoms. The van der Waals surface area contributed by atoms with Crippen LogP contribution in [0.15, 0.2) is 24.3 Å². The van der Waals surface area contributed by atoms with Crippen molar-refractivity contribution in [1.29, 1.82) is 5.41 Å². The van der Waals surface area contributed by atoms with E-state index < -0.39 is 12.6 Å². The summed E-state index contributed by atoms with van der Waals surface area (Å²) in [6.07, 6.45) is -0.939. The number of hydrogen-bond acceptors (Lipinski definition) is 3. The van der Waals surface area contributed by atoms with Crippen LogP contribution in [0.1, 0.15) is 45.4 Å². The number of halogens is 3. The molecule has 5 nitrogen and oxygen atoms in total. The van der Waals surface area contributed by atoms with Crippen molar-refractivity contribution in [3.63, 3.8) is 0 Å². The van der Waals surface area contributed by atoms with Gasteiger partial charge in [0.1, 0.15) is 5.75 Å². The molecule has 1 saturated heterocycles. The monoisotopic (exact) mass is 400 g/mol. The lowest BCUT2D eigenvalue weighted by molar-refractivity contribution is -0.136. The van der Waals surface area contributed by atoms with E-state index >= 15 is 0 Å². The van der Waals surface area contributed by atoms with E-state index in [1.807, 2.05) is 17.0 Å². The first-order valence-electron chi connectivity index (χ1n) is 9.94. The van der Waals surface area contributed by atoms with Gasteiger partial charge in [0.05, 0.1) is 6.61 Å². The van der Waals surface area contributed by atoms with E-state index in [1.165, 1.54) is 6.42 Å². The van der Waals surface area contributed by atoms with Crippen LogP contribution >= 0.6 is 0 Å². The zero-order valence-electron chi connectivity index (χ0n) is 16.5. The number of nitrogens with one attached hydrogen (secondary N) is 1. The van der Waals surface area contributed by atoms with Gasteiger partial charge in [-0.05, 0) is 69.8 Å². The molecule has 3 N–H and O–H groups in total. The first kappa shape index (κ1) is 22.3. The number of rotatable bonds is 8. The zero-order valence-corrected chi connectivity index (χ0v) is 16.5. The van der Waals surface area contributed by atoms with Gasteiger partial charge in [0.15, 0.2) is 5.96 Å². The van der Waals surface area contributed by atoms with Crippen molar-refractivity contribution in [1.82, 2.24) is 4.90 Å². The van der Waals surface area contributed by atoms with E-state index in [4.69, 9.17) is 15.9 Å². The Morgan fingerprint density at radius 1 is 1.25 bits per heavy atom. The fourth-order valence-electron chi connectivity index (χ4n) is 3.36. The van der Waals surface area contributed by atoms with Crippen LogP contribution in [0.2, 0.25) is 0 Å². The van der Waals surface area contributed by atoms with Gasteiger partial charge in [0, 0.05) is 31.2 Å². The summed E-state index contributed by atoms with van der Waals surface area (Å²) < 4.78 is 42.0. The van der Waals surface area contributed by atoms with Gasteiger partial charge in [-0.25, -0.2) is 0 Å². The van der Waals surface area contributed by atoms with Gasteiger partial charge in [-0.2, -0.15) is 13.2 Å². The standard InChI is InChI=1S/C20H31F3N4O/c1-16-6-2-3-13-26(16)19(25)27(14-5-12-24)17-7-9-18(10-8-17)28-15-4-11-20(21,22)23/h7-10,16,25H,2-6,11-15,24H2,1H3. The lowest BCUT2D eigenvalue weighted by Gasteiger charge is -2.40. The Morgan fingerprint density at radius 3 is 2.57 bits per heavy atom. The number of hydrogen-bond donors (Lipinski definition) is 2. The maximum absolute atomic E-state index is 12.2. The van der Waals surface area contributed by atoms with Crippen molar-refractivity contribution in [2.45, 2.75) is 57.7 Å². The molecule has 1 unspecified atom stereocenters. The van der Waals surface area contributed by atoms with Crippen molar-refractivity contribution >= 4 is 11.6 Å². The Morgan fingerprint density at radius 2 is 1.96 bits per heavy atom. The number of guanidine groups is 1. The second-order valence-corrected chi connectivity index (χ2v) is 7.22. The molecule has 0 amide bonds. The Bertz CT molecular complexity index is 606. The highest BCUT2D eigenvalue weighted by Gasteiger charge is 2.26. The highest BCUT2D eigenvalue weighted by atomic mass is 19.4. The number of anilines is 1. The van der Waals surface area contributed by atoms with Crippen LogP contribution in [0.25, 0.3) is 0 Å². The van der Waals surface area contributed by atoms with Gasteiger partial charge in [0.25, 0.3) is 0 Å². The fraction of sp³-hybridized carbons (Fsp3) is 0.650. The van der Waals surface area contributed by atoms with Crippen LogP contribution in [0.5, 0.6) is 5.75 Å². The van der Waals surface area contributed by atoms with Crippen LogP contribution in [-0.4, -0.2) is 49.3 Å². The molecule has 1 heterocycles. The minimum absolute atomic E-state index is 0.0247. The largest absolute Gasteiger partial charge is 0.494 e. The molecule has 0 bridgehead atoms. The third kappa shape index (κ3) is 6.89. The average molecular weight is 400 g/mol. The third-order valence-corrected chi connectivity index (χ3v) is 4.94. The molecule has 0 aromatic heterocycles. The first-order valence-corrected chi connectivity index (χ1v) is 9.94. The molecule has 0 radical (unpaired) electrons. The second-order valence-electron chi connectivity index (χ2n) is 7.22. The molecule has 0 aliphatic carbocycles. The van der Waals surface area contributed by atoms with Crippen LogP contribution in [0.3, 0.4) is 0 Å². The highest BCUT2D eigenvalue weighted by Crippen LogP contribution is 2.25. The number of alkyl halides is 3. The average Bonchev–Trinajstić information content (AvgIpc) is 2.66. The lowest BCUT2D eigenvalue weighted by atomic mass is 10.0. The summed E-state index contributed by atoms with van der Waals surface area (Å²) in [5.74, 6) is 1.00. The first-order chi connectivity index (χ1) is 13.3. The summed E-state index contributed by atoms with van der Waals surface area (Å²) in [4.78, 5) is 4.07. The number of ether oxygens (including phenoxy) is 1. The second kappa shape index (κ2) is 10.5. The summed E-state index contributed by atoms with van der Waals surface area (Å²) in [5.41, 5.74) is 6.53. The van der Waals surface area contributed by atoms with E-state index in [2.05, 4.69) is 11.8 Å². The summed E-state index contributed by atoms with van der Waals surface area (Å²) in [7, 11) is 0. The maximum Gasteiger partial charge on any atom is 0.389 e. The van der Waals surface area contributed by atoms with Gasteiger partial charge < -0.3 is 20.3 Å². The summed E-state index contributed by atoms with van der Waals surface area (Å²) in [5, 5.41) is 8.71. The van der Waals surface area contributed by atoms with Crippen LogP contribution < -0.4 is 15.4 Å². The minimum Gasteiger partial charge on any atom is -0.494 e. The van der Waals surface area contributed by atoms with E-state index in [-0.39, 0.29) is 13.0 Å². The summed E-state index contributed by atoms with van der Waals surface area (Å²) >= 11 is 0. The number of benzene rings is 1. The maximum atomic E-state index is 12.2. The van der Waals surface area contributed by atoms with Crippen LogP contribution in [0, 0.1) is 5.41 Å². The molecule has 2 rings (SSSR count). The molecule has 1 atom stereocenters. The molecule has 158 valence electrons. The van der Waals surface area contributed by atoms with Crippen LogP contribution in [-0.2, 0) is 0 Å². The van der Waals surface area contributed by atoms with Crippen molar-refractivity contribution < 1.29 is 17.9 Å². The molecule has 8 heteroatoms. The molecule has 1 fully saturated rings. The van der Waals surface area contributed by atoms with Crippen molar-refractivity contribution in [2.24, 2.45) is 5.73 Å². The van der Waals surface area contributed by atoms with Gasteiger partial charge in [-0.3, -0.25) is 5.41 Å². The normalized spacial score (nSPS) is 17.5. The Hall–Kier alpha value is -1.96. The molecule has 1 aromatic carbocycles. The van der Waals surface area contributed by atoms with Crippen molar-refractivity contribution in [2.75, 3.05) is 31.1 Å². The predicted octanol–water partition coefficient (Wildman–Crippen LogP) is 4.37. The molecule has 1 aliphatic heterocycles. The smallest absolute Gasteiger partial charge is 0.389 e. The van der Waals surface area contributed by atoms with Gasteiger partial charge in [0.2, 0.25) is 0 Å². The third-order valence-electron chi connectivity index (χ3n) is 4.94. The summed E-state index contributed by atoms with van der Waals surface area (Å²) in [6, 6.07) is 7.51. The predicted molar refractivity (Wildman–Crippen MR) is 106 cm³/mol. The van der Waals surface area contributed by atoms with E-state index in [0.29, 0.717) is 30.8 Å². The minimum atomic E-state index is -4.15. The molecule has 1 aromatic rings. The van der Waals surface area contributed by atoms with E-state index in [1.54, 1.807) is 12.1 Å². The number of nitrogens with two attached hydrogens (primary N) is 1. The lowest BCUT2D eigenvalue weighted by Crippen LogP contribution is -2.50. The number of nitrogens with zero attached hydrogens (tertiary/aromatic N) is 2. The van der Waals surface area contributed by atoms with Crippen LogP contribution in [0.4, 0.5) is 18.9 Å². The summed E-state index contributed by atoms with van der Waals surface area (Å²) in [6.45, 7) is 4.23. The van der Waals surface area contributed by atoms with Crippen molar-refractivity contribution in [3.8, 4) is 5.75 Å². The Balaban J connectivity index is 2.00. The van der Waals surface area contributed by atoms with E-state index in [9.17, 15) is 13.2 Å².